The number of fused-ring (bicyclic) bond motifs is 2. The van der Waals surface area contributed by atoms with Crippen molar-refractivity contribution < 1.29 is 0 Å². The molecule has 4 heterocycles. The fraction of sp³-hybridized carbons (Fsp3) is 0.167. The summed E-state index contributed by atoms with van der Waals surface area (Å²) < 4.78 is 3.54. The van der Waals surface area contributed by atoms with Gasteiger partial charge in [-0.15, -0.1) is 0 Å². The van der Waals surface area contributed by atoms with Gasteiger partial charge in [0.2, 0.25) is 0 Å². The monoisotopic (exact) mass is 427 g/mol. The topological polar surface area (TPSA) is 64.6 Å². The van der Waals surface area contributed by atoms with Gasteiger partial charge in [0.1, 0.15) is 5.65 Å². The summed E-state index contributed by atoms with van der Waals surface area (Å²) in [5.41, 5.74) is 7.21. The van der Waals surface area contributed by atoms with Gasteiger partial charge in [-0.05, 0) is 44.5 Å². The molecule has 0 aliphatic heterocycles. The molecule has 0 aliphatic rings. The Labute approximate surface area is 183 Å². The Morgan fingerprint density at radius 2 is 1.74 bits per heavy atom. The van der Waals surface area contributed by atoms with Crippen molar-refractivity contribution in [1.82, 2.24) is 24.0 Å². The van der Waals surface area contributed by atoms with E-state index in [1.165, 1.54) is 11.8 Å². The molecule has 0 bridgehead atoms. The van der Waals surface area contributed by atoms with Crippen LogP contribution < -0.4 is 5.56 Å². The molecule has 0 saturated carbocycles. The summed E-state index contributed by atoms with van der Waals surface area (Å²) in [5.74, 6) is 0.529. The second kappa shape index (κ2) is 7.67. The minimum atomic E-state index is -0.0681. The standard InChI is InChI=1S/C24H21N5OS/c1-15-12-16(2)27-29-23(15)22(18-9-5-4-6-10-18)26-24(29)31-14-19-13-21(30)28-17(3)8-7-11-20(28)25-19/h4-13H,14H2,1-3H3. The van der Waals surface area contributed by atoms with Gasteiger partial charge in [-0.25, -0.2) is 14.5 Å². The van der Waals surface area contributed by atoms with Crippen molar-refractivity contribution in [2.75, 3.05) is 0 Å². The van der Waals surface area contributed by atoms with Crippen LogP contribution in [-0.2, 0) is 5.75 Å². The maximum Gasteiger partial charge on any atom is 0.258 e. The number of imidazole rings is 1. The predicted octanol–water partition coefficient (Wildman–Crippen LogP) is 4.62. The molecular weight excluding hydrogens is 406 g/mol. The first-order valence-electron chi connectivity index (χ1n) is 10.0. The van der Waals surface area contributed by atoms with Crippen molar-refractivity contribution in [3.05, 3.63) is 93.7 Å². The third kappa shape index (κ3) is 3.51. The zero-order valence-corrected chi connectivity index (χ0v) is 18.3. The summed E-state index contributed by atoms with van der Waals surface area (Å²) in [7, 11) is 0. The van der Waals surface area contributed by atoms with Crippen molar-refractivity contribution >= 4 is 22.9 Å². The average Bonchev–Trinajstić information content (AvgIpc) is 3.11. The molecule has 5 rings (SSSR count). The van der Waals surface area contributed by atoms with Crippen LogP contribution in [0.25, 0.3) is 22.4 Å². The molecule has 154 valence electrons. The first kappa shape index (κ1) is 19.5. The van der Waals surface area contributed by atoms with Crippen LogP contribution in [0.5, 0.6) is 0 Å². The Balaban J connectivity index is 1.57. The number of nitrogens with zero attached hydrogens (tertiary/aromatic N) is 5. The molecule has 5 aromatic rings. The first-order valence-corrected chi connectivity index (χ1v) is 11.0. The fourth-order valence-corrected chi connectivity index (χ4v) is 4.71. The van der Waals surface area contributed by atoms with Gasteiger partial charge in [-0.2, -0.15) is 5.10 Å². The van der Waals surface area contributed by atoms with Crippen molar-refractivity contribution in [1.29, 1.82) is 0 Å². The van der Waals surface area contributed by atoms with Gasteiger partial charge in [-0.1, -0.05) is 48.2 Å². The SMILES string of the molecule is Cc1cc(C)c2c(-c3ccccc3)nc(SCc3cc(=O)n4c(C)cccc4n3)n2n1. The van der Waals surface area contributed by atoms with Crippen molar-refractivity contribution in [2.45, 2.75) is 31.7 Å². The molecule has 0 saturated heterocycles. The molecule has 6 nitrogen and oxygen atoms in total. The third-order valence-corrected chi connectivity index (χ3v) is 6.17. The van der Waals surface area contributed by atoms with Crippen LogP contribution in [-0.4, -0.2) is 24.0 Å². The Bertz CT molecular complexity index is 1490. The van der Waals surface area contributed by atoms with Crippen LogP contribution in [0.3, 0.4) is 0 Å². The Kier molecular flexibility index (Phi) is 4.82. The molecule has 1 aromatic carbocycles. The van der Waals surface area contributed by atoms with E-state index in [9.17, 15) is 4.79 Å². The van der Waals surface area contributed by atoms with Crippen molar-refractivity contribution in [3.8, 4) is 11.3 Å². The molecule has 0 amide bonds. The minimum absolute atomic E-state index is 0.0681. The lowest BCUT2D eigenvalue weighted by molar-refractivity contribution is 0.792. The summed E-state index contributed by atoms with van der Waals surface area (Å²) in [4.78, 5) is 22.2. The number of rotatable bonds is 4. The molecule has 0 radical (unpaired) electrons. The Hall–Kier alpha value is -3.45. The molecule has 0 unspecified atom stereocenters. The van der Waals surface area contributed by atoms with E-state index in [0.717, 1.165) is 44.6 Å². The quantitative estimate of drug-likeness (QED) is 0.392. The van der Waals surface area contributed by atoms with E-state index in [-0.39, 0.29) is 5.56 Å². The highest BCUT2D eigenvalue weighted by molar-refractivity contribution is 7.98. The molecule has 4 aromatic heterocycles. The van der Waals surface area contributed by atoms with E-state index >= 15 is 0 Å². The van der Waals surface area contributed by atoms with E-state index < -0.39 is 0 Å². The summed E-state index contributed by atoms with van der Waals surface area (Å²) >= 11 is 1.54. The van der Waals surface area contributed by atoms with E-state index in [4.69, 9.17) is 10.1 Å². The normalized spacial score (nSPS) is 11.5. The van der Waals surface area contributed by atoms with Gasteiger partial charge in [0.05, 0.1) is 22.6 Å². The zero-order valence-electron chi connectivity index (χ0n) is 17.5. The number of pyridine rings is 1. The van der Waals surface area contributed by atoms with E-state index in [1.807, 2.05) is 54.8 Å². The molecule has 0 aliphatic carbocycles. The van der Waals surface area contributed by atoms with Gasteiger partial charge in [0, 0.05) is 23.1 Å². The first-order chi connectivity index (χ1) is 15.0. The molecule has 7 heteroatoms. The van der Waals surface area contributed by atoms with Crippen LogP contribution in [0.2, 0.25) is 0 Å². The number of thioether (sulfide) groups is 1. The summed E-state index contributed by atoms with van der Waals surface area (Å²) in [6.45, 7) is 5.97. The lowest BCUT2D eigenvalue weighted by Gasteiger charge is -2.06. The maximum absolute atomic E-state index is 12.6. The average molecular weight is 428 g/mol. The number of aromatic nitrogens is 5. The summed E-state index contributed by atoms with van der Waals surface area (Å²) in [6.07, 6.45) is 0. The van der Waals surface area contributed by atoms with E-state index in [1.54, 1.807) is 10.5 Å². The smallest absolute Gasteiger partial charge is 0.258 e. The van der Waals surface area contributed by atoms with Crippen LogP contribution in [0.15, 0.2) is 70.6 Å². The lowest BCUT2D eigenvalue weighted by atomic mass is 10.1. The highest BCUT2D eigenvalue weighted by atomic mass is 32.2. The van der Waals surface area contributed by atoms with Crippen LogP contribution in [0.4, 0.5) is 0 Å². The second-order valence-corrected chi connectivity index (χ2v) is 8.52. The highest BCUT2D eigenvalue weighted by Crippen LogP contribution is 2.31. The van der Waals surface area contributed by atoms with E-state index in [2.05, 4.69) is 30.1 Å². The van der Waals surface area contributed by atoms with Gasteiger partial charge >= 0.3 is 0 Å². The van der Waals surface area contributed by atoms with Gasteiger partial charge < -0.3 is 0 Å². The molecule has 0 fully saturated rings. The van der Waals surface area contributed by atoms with Gasteiger partial charge in [0.25, 0.3) is 5.56 Å². The Morgan fingerprint density at radius 1 is 0.935 bits per heavy atom. The predicted molar refractivity (Wildman–Crippen MR) is 124 cm³/mol. The minimum Gasteiger partial charge on any atom is -0.269 e. The summed E-state index contributed by atoms with van der Waals surface area (Å²) in [5, 5.41) is 5.51. The van der Waals surface area contributed by atoms with Crippen LogP contribution in [0.1, 0.15) is 22.6 Å². The number of hydrogen-bond donors (Lipinski definition) is 0. The highest BCUT2D eigenvalue weighted by Gasteiger charge is 2.17. The molecule has 0 spiro atoms. The van der Waals surface area contributed by atoms with Crippen LogP contribution >= 0.6 is 11.8 Å². The Morgan fingerprint density at radius 3 is 2.55 bits per heavy atom. The molecule has 31 heavy (non-hydrogen) atoms. The zero-order chi connectivity index (χ0) is 21.5. The number of hydrogen-bond acceptors (Lipinski definition) is 5. The lowest BCUT2D eigenvalue weighted by Crippen LogP contribution is -2.17. The largest absolute Gasteiger partial charge is 0.269 e. The molecule has 0 N–H and O–H groups in total. The number of benzene rings is 1. The third-order valence-electron chi connectivity index (χ3n) is 5.21. The number of aryl methyl sites for hydroxylation is 3. The summed E-state index contributed by atoms with van der Waals surface area (Å²) in [6, 6.07) is 19.5. The van der Waals surface area contributed by atoms with Crippen molar-refractivity contribution in [3.63, 3.8) is 0 Å². The molecule has 0 atom stereocenters. The van der Waals surface area contributed by atoms with Gasteiger partial charge in [0.15, 0.2) is 5.16 Å². The fourth-order valence-electron chi connectivity index (χ4n) is 3.87. The molecular formula is C24H21N5OS. The van der Waals surface area contributed by atoms with E-state index in [0.29, 0.717) is 11.4 Å². The van der Waals surface area contributed by atoms with Gasteiger partial charge in [-0.3, -0.25) is 9.20 Å². The van der Waals surface area contributed by atoms with Crippen LogP contribution in [0, 0.1) is 20.8 Å². The second-order valence-electron chi connectivity index (χ2n) is 7.57. The maximum atomic E-state index is 12.6. The van der Waals surface area contributed by atoms with Crippen molar-refractivity contribution in [2.24, 2.45) is 0 Å².